The Morgan fingerprint density at radius 2 is 1.00 bits per heavy atom. The van der Waals surface area contributed by atoms with Crippen molar-refractivity contribution < 1.29 is 115 Å². The quantitative estimate of drug-likeness (QED) is 0.208. The van der Waals surface area contributed by atoms with Gasteiger partial charge in [0.25, 0.3) is 0 Å². The summed E-state index contributed by atoms with van der Waals surface area (Å²) in [6.45, 7) is 0. The Labute approximate surface area is 130 Å². The van der Waals surface area contributed by atoms with E-state index in [0.29, 0.717) is 0 Å². The fourth-order valence-corrected chi connectivity index (χ4v) is 0. The molecule has 0 bridgehead atoms. The molecular weight excluding hydrogens is 233 g/mol. The van der Waals surface area contributed by atoms with Crippen LogP contribution in [0.1, 0.15) is 0 Å². The first kappa shape index (κ1) is 23.7. The minimum atomic E-state index is -5.11. The van der Waals surface area contributed by atoms with E-state index in [1.54, 1.807) is 0 Å². The summed E-state index contributed by atoms with van der Waals surface area (Å²) in [5.74, 6) is 0. The van der Waals surface area contributed by atoms with E-state index in [-0.39, 0.29) is 80.9 Å². The summed E-state index contributed by atoms with van der Waals surface area (Å²) in [7, 11) is -7.73. The van der Waals surface area contributed by atoms with Crippen LogP contribution in [0.4, 0.5) is 0 Å². The van der Waals surface area contributed by atoms with Gasteiger partial charge < -0.3 is 33.9 Å². The van der Waals surface area contributed by atoms with Crippen LogP contribution >= 0.6 is 8.60 Å². The van der Waals surface area contributed by atoms with Crippen molar-refractivity contribution >= 4 is 17.7 Å². The Morgan fingerprint density at radius 3 is 1.00 bits per heavy atom. The van der Waals surface area contributed by atoms with Crippen molar-refractivity contribution in [2.24, 2.45) is 0 Å². The summed E-state index contributed by atoms with van der Waals surface area (Å²) in [6.07, 6.45) is 0. The number of hydrogen-bond acceptors (Lipinski definition) is 7. The topological polar surface area (TPSA) is 147 Å². The van der Waals surface area contributed by atoms with Crippen LogP contribution in [0.3, 0.4) is 0 Å². The molecule has 0 radical (unpaired) electrons. The summed E-state index contributed by atoms with van der Waals surface area (Å²) in [5, 5.41) is 0. The molecule has 0 aliphatic carbocycles. The zero-order valence-electron chi connectivity index (χ0n) is 6.00. The average Bonchev–Trinajstić information content (AvgIpc) is 1.19. The largest absolute Gasteiger partial charge is 1.00 e. The molecule has 0 atom stereocenters. The molecule has 58 valence electrons. The Kier molecular flexibility index (Phi) is 28.0. The molecule has 0 spiro atoms. The van der Waals surface area contributed by atoms with Crippen LogP contribution in [0.5, 0.6) is 0 Å². The van der Waals surface area contributed by atoms with Gasteiger partial charge in [-0.1, -0.05) is 0 Å². The Balaban J connectivity index is -0.0000000383. The van der Waals surface area contributed by atoms with Gasteiger partial charge in [0.2, 0.25) is 0 Å². The third-order valence-corrected chi connectivity index (χ3v) is 0. The van der Waals surface area contributed by atoms with Crippen LogP contribution in [-0.2, 0) is 0 Å². The van der Waals surface area contributed by atoms with E-state index in [4.69, 9.17) is 33.9 Å². The minimum absolute atomic E-state index is 0. The van der Waals surface area contributed by atoms with E-state index in [2.05, 4.69) is 0 Å². The first-order valence-corrected chi connectivity index (χ1v) is 4.37. The van der Waals surface area contributed by atoms with E-state index >= 15 is 0 Å². The van der Waals surface area contributed by atoms with Crippen molar-refractivity contribution in [3.63, 3.8) is 0 Å². The zero-order valence-corrected chi connectivity index (χ0v) is 13.0. The second-order valence-electron chi connectivity index (χ2n) is 0.817. The van der Waals surface area contributed by atoms with E-state index in [1.807, 2.05) is 0 Å². The molecule has 0 saturated heterocycles. The molecule has 0 amide bonds. The van der Waals surface area contributed by atoms with Crippen LogP contribution in [0.25, 0.3) is 0 Å². The van der Waals surface area contributed by atoms with Crippen molar-refractivity contribution in [3.05, 3.63) is 0 Å². The normalized spacial score (nSPS) is 8.73. The predicted octanol–water partition coefficient (Wildman–Crippen LogP) is -10.7. The first-order valence-electron chi connectivity index (χ1n) is 1.46. The molecule has 0 heterocycles. The van der Waals surface area contributed by atoms with Crippen LogP contribution in [0.2, 0.25) is 0 Å². The van der Waals surface area contributed by atoms with Crippen LogP contribution in [0.15, 0.2) is 0 Å². The van der Waals surface area contributed by atoms with Gasteiger partial charge in [0, 0.05) is 0 Å². The maximum absolute atomic E-state index is 8.80. The third kappa shape index (κ3) is 175. The third-order valence-electron chi connectivity index (χ3n) is 0. The molecule has 0 fully saturated rings. The van der Waals surface area contributed by atoms with Gasteiger partial charge in [-0.15, -0.1) is 0 Å². The standard InChI is InChI=1S/K.Na.H2O4Si.H3O3P/c;;1-5(2,3)4;1-4(2)3/h;;1-2H;1-3H/q2*+1;-2;. The van der Waals surface area contributed by atoms with E-state index in [9.17, 15) is 0 Å². The molecule has 0 unspecified atom stereocenters. The molecule has 5 N–H and O–H groups in total. The molecule has 0 rings (SSSR count). The molecule has 0 aromatic rings. The molecule has 7 nitrogen and oxygen atoms in total. The zero-order chi connectivity index (χ0) is 8.08. The van der Waals surface area contributed by atoms with Gasteiger partial charge in [-0.3, -0.25) is 0 Å². The monoisotopic (exact) mass is 238 g/mol. The molecule has 0 saturated carbocycles. The van der Waals surface area contributed by atoms with Gasteiger partial charge in [-0.25, -0.2) is 0 Å². The average molecular weight is 238 g/mol. The fraction of sp³-hybridized carbons (Fsp3) is 0. The Bertz CT molecular complexity index is 55.2. The second kappa shape index (κ2) is 13.0. The van der Waals surface area contributed by atoms with Crippen molar-refractivity contribution in [1.82, 2.24) is 0 Å². The van der Waals surface area contributed by atoms with E-state index in [0.717, 1.165) is 0 Å². The summed E-state index contributed by atoms with van der Waals surface area (Å²) in [5.41, 5.74) is 0. The molecule has 11 heteroatoms. The molecular formula is H5KNaO7PSi. The first-order chi connectivity index (χ1) is 3.73. The predicted molar refractivity (Wildman–Crippen MR) is 23.8 cm³/mol. The molecule has 0 aromatic heterocycles. The van der Waals surface area contributed by atoms with E-state index in [1.165, 1.54) is 0 Å². The molecule has 0 aromatic carbocycles. The van der Waals surface area contributed by atoms with Gasteiger partial charge in [0.15, 0.2) is 0 Å². The molecule has 0 aliphatic rings. The smallest absolute Gasteiger partial charge is 0.828 e. The Hall–Kier alpha value is 3.00. The minimum Gasteiger partial charge on any atom is -0.828 e. The van der Waals surface area contributed by atoms with Crippen molar-refractivity contribution in [2.75, 3.05) is 0 Å². The Morgan fingerprint density at radius 1 is 1.00 bits per heavy atom. The molecule has 11 heavy (non-hydrogen) atoms. The second-order valence-corrected chi connectivity index (χ2v) is 2.45. The van der Waals surface area contributed by atoms with Gasteiger partial charge in [0.05, 0.1) is 0 Å². The van der Waals surface area contributed by atoms with Crippen molar-refractivity contribution in [3.8, 4) is 0 Å². The number of hydrogen-bond donors (Lipinski definition) is 5. The SMILES string of the molecule is OP(O)O.[K+].[Na+].[O-][Si]([O-])(O)O. The maximum Gasteiger partial charge on any atom is 1.00 e. The van der Waals surface area contributed by atoms with E-state index < -0.39 is 17.7 Å². The van der Waals surface area contributed by atoms with Crippen LogP contribution in [-0.4, -0.2) is 33.3 Å². The number of rotatable bonds is 0. The fourth-order valence-electron chi connectivity index (χ4n) is 0. The van der Waals surface area contributed by atoms with Crippen LogP contribution in [0, 0.1) is 0 Å². The summed E-state index contributed by atoms with van der Waals surface area (Å²) in [6, 6.07) is 0. The van der Waals surface area contributed by atoms with Gasteiger partial charge in [0.1, 0.15) is 9.05 Å². The van der Waals surface area contributed by atoms with Crippen LogP contribution < -0.4 is 90.5 Å². The van der Waals surface area contributed by atoms with Crippen molar-refractivity contribution in [1.29, 1.82) is 0 Å². The summed E-state index contributed by atoms with van der Waals surface area (Å²) in [4.78, 5) is 53.5. The van der Waals surface area contributed by atoms with Gasteiger partial charge in [-0.05, 0) is 0 Å². The maximum atomic E-state index is 8.80. The molecule has 0 aliphatic heterocycles. The summed E-state index contributed by atoms with van der Waals surface area (Å²) >= 11 is 0. The van der Waals surface area contributed by atoms with Crippen molar-refractivity contribution in [2.45, 2.75) is 0 Å². The summed E-state index contributed by atoms with van der Waals surface area (Å²) < 4.78 is 0. The van der Waals surface area contributed by atoms with Gasteiger partial charge >= 0.3 is 89.5 Å². The van der Waals surface area contributed by atoms with Gasteiger partial charge in [-0.2, -0.15) is 0 Å².